The van der Waals surface area contributed by atoms with E-state index in [0.29, 0.717) is 16.6 Å². The van der Waals surface area contributed by atoms with Crippen LogP contribution in [0.5, 0.6) is 0 Å². The van der Waals surface area contributed by atoms with Gasteiger partial charge in [-0.2, -0.15) is 0 Å². The van der Waals surface area contributed by atoms with Gasteiger partial charge in [0.05, 0.1) is 23.8 Å². The molecule has 0 N–H and O–H groups in total. The highest BCUT2D eigenvalue weighted by Crippen LogP contribution is 2.13. The Labute approximate surface area is 129 Å². The molecule has 0 bridgehead atoms. The Kier molecular flexibility index (Phi) is 3.66. The average molecular weight is 343 g/mol. The van der Waals surface area contributed by atoms with Crippen LogP contribution in [0, 0.1) is 0 Å². The summed E-state index contributed by atoms with van der Waals surface area (Å²) in [7, 11) is 0. The van der Waals surface area contributed by atoms with E-state index in [0.717, 1.165) is 4.47 Å². The van der Waals surface area contributed by atoms with Crippen LogP contribution in [0.2, 0.25) is 0 Å². The fourth-order valence-electron chi connectivity index (χ4n) is 2.15. The SMILES string of the molecule is O=C(Cn1c(=O)cnc2ccccc21)c1ccc(Br)cc1. The number of carbonyl (C=O) groups excluding carboxylic acids is 1. The van der Waals surface area contributed by atoms with Gasteiger partial charge in [0.25, 0.3) is 5.56 Å². The minimum Gasteiger partial charge on any atom is -0.298 e. The number of para-hydroxylation sites is 2. The molecule has 4 nitrogen and oxygen atoms in total. The van der Waals surface area contributed by atoms with Crippen LogP contribution in [0.15, 0.2) is 64.0 Å². The molecule has 3 rings (SSSR count). The minimum atomic E-state index is -0.279. The second-order valence-electron chi connectivity index (χ2n) is 4.60. The molecule has 3 aromatic rings. The molecule has 21 heavy (non-hydrogen) atoms. The third-order valence-corrected chi connectivity index (χ3v) is 3.75. The van der Waals surface area contributed by atoms with Crippen molar-refractivity contribution in [1.82, 2.24) is 9.55 Å². The standard InChI is InChI=1S/C16H11BrN2O2/c17-12-7-5-11(6-8-12)15(20)10-19-14-4-2-1-3-13(14)18-9-16(19)21/h1-9H,10H2. The zero-order valence-electron chi connectivity index (χ0n) is 11.0. The Morgan fingerprint density at radius 1 is 1.10 bits per heavy atom. The van der Waals surface area contributed by atoms with Gasteiger partial charge in [-0.1, -0.05) is 40.2 Å². The lowest BCUT2D eigenvalue weighted by atomic mass is 10.1. The van der Waals surface area contributed by atoms with Crippen molar-refractivity contribution in [2.75, 3.05) is 0 Å². The first-order chi connectivity index (χ1) is 10.1. The molecular weight excluding hydrogens is 332 g/mol. The van der Waals surface area contributed by atoms with Crippen LogP contribution in [0.4, 0.5) is 0 Å². The number of benzene rings is 2. The van der Waals surface area contributed by atoms with E-state index in [2.05, 4.69) is 20.9 Å². The van der Waals surface area contributed by atoms with Crippen molar-refractivity contribution < 1.29 is 4.79 Å². The van der Waals surface area contributed by atoms with Gasteiger partial charge in [-0.15, -0.1) is 0 Å². The van der Waals surface area contributed by atoms with Crippen molar-refractivity contribution in [1.29, 1.82) is 0 Å². The fourth-order valence-corrected chi connectivity index (χ4v) is 2.41. The van der Waals surface area contributed by atoms with Crippen molar-refractivity contribution in [2.24, 2.45) is 0 Å². The Hall–Kier alpha value is -2.27. The molecular formula is C16H11BrN2O2. The van der Waals surface area contributed by atoms with Gasteiger partial charge >= 0.3 is 0 Å². The van der Waals surface area contributed by atoms with E-state index < -0.39 is 0 Å². The molecule has 0 saturated carbocycles. The third kappa shape index (κ3) is 2.78. The fraction of sp³-hybridized carbons (Fsp3) is 0.0625. The second-order valence-corrected chi connectivity index (χ2v) is 5.52. The number of fused-ring (bicyclic) bond motifs is 1. The van der Waals surface area contributed by atoms with Crippen LogP contribution in [-0.4, -0.2) is 15.3 Å². The number of carbonyl (C=O) groups is 1. The first-order valence-electron chi connectivity index (χ1n) is 6.38. The largest absolute Gasteiger partial charge is 0.298 e. The molecule has 0 amide bonds. The second kappa shape index (κ2) is 5.61. The summed E-state index contributed by atoms with van der Waals surface area (Å²) in [6.45, 7) is 0.00347. The summed E-state index contributed by atoms with van der Waals surface area (Å²) < 4.78 is 2.36. The van der Waals surface area contributed by atoms with E-state index in [4.69, 9.17) is 0 Å². The quantitative estimate of drug-likeness (QED) is 0.687. The Morgan fingerprint density at radius 2 is 1.81 bits per heavy atom. The molecule has 2 aromatic carbocycles. The maximum Gasteiger partial charge on any atom is 0.269 e. The number of nitrogens with zero attached hydrogens (tertiary/aromatic N) is 2. The smallest absolute Gasteiger partial charge is 0.269 e. The third-order valence-electron chi connectivity index (χ3n) is 3.22. The lowest BCUT2D eigenvalue weighted by Gasteiger charge is -2.08. The molecule has 0 saturated heterocycles. The van der Waals surface area contributed by atoms with Crippen molar-refractivity contribution in [3.05, 3.63) is 75.1 Å². The van der Waals surface area contributed by atoms with Gasteiger partial charge in [-0.3, -0.25) is 14.2 Å². The van der Waals surface area contributed by atoms with E-state index in [1.54, 1.807) is 30.3 Å². The average Bonchev–Trinajstić information content (AvgIpc) is 2.51. The topological polar surface area (TPSA) is 52.0 Å². The summed E-state index contributed by atoms with van der Waals surface area (Å²) >= 11 is 3.33. The molecule has 0 aliphatic rings. The van der Waals surface area contributed by atoms with E-state index in [1.165, 1.54) is 10.8 Å². The van der Waals surface area contributed by atoms with E-state index in [1.807, 2.05) is 18.2 Å². The molecule has 104 valence electrons. The first kappa shape index (κ1) is 13.7. The highest BCUT2D eigenvalue weighted by atomic mass is 79.9. The van der Waals surface area contributed by atoms with Crippen LogP contribution in [0.1, 0.15) is 10.4 Å². The number of ketones is 1. The lowest BCUT2D eigenvalue weighted by Crippen LogP contribution is -2.24. The summed E-state index contributed by atoms with van der Waals surface area (Å²) in [4.78, 5) is 28.4. The van der Waals surface area contributed by atoms with Crippen molar-refractivity contribution in [3.8, 4) is 0 Å². The Bertz CT molecular complexity index is 869. The van der Waals surface area contributed by atoms with Crippen LogP contribution in [0.3, 0.4) is 0 Å². The lowest BCUT2D eigenvalue weighted by molar-refractivity contribution is 0.0972. The molecule has 0 spiro atoms. The molecule has 0 aliphatic carbocycles. The number of hydrogen-bond donors (Lipinski definition) is 0. The van der Waals surface area contributed by atoms with E-state index >= 15 is 0 Å². The van der Waals surface area contributed by atoms with Gasteiger partial charge in [0.1, 0.15) is 0 Å². The molecule has 0 atom stereocenters. The van der Waals surface area contributed by atoms with E-state index in [-0.39, 0.29) is 17.9 Å². The highest BCUT2D eigenvalue weighted by Gasteiger charge is 2.10. The molecule has 0 fully saturated rings. The molecule has 0 aliphatic heterocycles. The summed E-state index contributed by atoms with van der Waals surface area (Å²) in [6, 6.07) is 14.4. The molecule has 1 heterocycles. The van der Waals surface area contributed by atoms with Gasteiger partial charge in [-0.05, 0) is 24.3 Å². The summed E-state index contributed by atoms with van der Waals surface area (Å²) in [6.07, 6.45) is 1.25. The zero-order chi connectivity index (χ0) is 14.8. The van der Waals surface area contributed by atoms with Crippen molar-refractivity contribution >= 4 is 32.7 Å². The number of halogens is 1. The van der Waals surface area contributed by atoms with Crippen molar-refractivity contribution in [3.63, 3.8) is 0 Å². The monoisotopic (exact) mass is 342 g/mol. The predicted octanol–water partition coefficient (Wildman–Crippen LogP) is 3.04. The maximum atomic E-state index is 12.3. The van der Waals surface area contributed by atoms with Gasteiger partial charge in [-0.25, -0.2) is 4.98 Å². The molecule has 0 radical (unpaired) electrons. The zero-order valence-corrected chi connectivity index (χ0v) is 12.6. The van der Waals surface area contributed by atoms with Crippen LogP contribution < -0.4 is 5.56 Å². The highest BCUT2D eigenvalue weighted by molar-refractivity contribution is 9.10. The Balaban J connectivity index is 2.01. The summed E-state index contributed by atoms with van der Waals surface area (Å²) in [5.41, 5.74) is 1.65. The Morgan fingerprint density at radius 3 is 2.57 bits per heavy atom. The van der Waals surface area contributed by atoms with Gasteiger partial charge in [0.2, 0.25) is 0 Å². The van der Waals surface area contributed by atoms with Crippen LogP contribution in [-0.2, 0) is 6.54 Å². The number of hydrogen-bond acceptors (Lipinski definition) is 3. The minimum absolute atomic E-state index is 0.00347. The normalized spacial score (nSPS) is 10.7. The number of Topliss-reactive ketones (excluding diaryl/α,β-unsaturated/α-hetero) is 1. The number of rotatable bonds is 3. The van der Waals surface area contributed by atoms with Crippen LogP contribution >= 0.6 is 15.9 Å². The molecule has 0 unspecified atom stereocenters. The first-order valence-corrected chi connectivity index (χ1v) is 7.18. The van der Waals surface area contributed by atoms with E-state index in [9.17, 15) is 9.59 Å². The van der Waals surface area contributed by atoms with Crippen molar-refractivity contribution in [2.45, 2.75) is 6.54 Å². The molecule has 1 aromatic heterocycles. The predicted molar refractivity (Wildman–Crippen MR) is 84.5 cm³/mol. The van der Waals surface area contributed by atoms with Gasteiger partial charge in [0.15, 0.2) is 5.78 Å². The summed E-state index contributed by atoms with van der Waals surface area (Å²) in [5, 5.41) is 0. The number of aromatic nitrogens is 2. The van der Waals surface area contributed by atoms with Gasteiger partial charge < -0.3 is 0 Å². The summed E-state index contributed by atoms with van der Waals surface area (Å²) in [5.74, 6) is -0.110. The van der Waals surface area contributed by atoms with Crippen LogP contribution in [0.25, 0.3) is 11.0 Å². The maximum absolute atomic E-state index is 12.3. The van der Waals surface area contributed by atoms with Gasteiger partial charge in [0, 0.05) is 10.0 Å². The molecule has 5 heteroatoms.